The van der Waals surface area contributed by atoms with Crippen LogP contribution < -0.4 is 11.1 Å². The molecule has 3 N–H and O–H groups in total. The van der Waals surface area contributed by atoms with E-state index in [0.717, 1.165) is 17.2 Å². The Balaban J connectivity index is 1.55. The first-order valence-corrected chi connectivity index (χ1v) is 8.38. The van der Waals surface area contributed by atoms with Crippen LogP contribution in [0, 0.1) is 5.82 Å². The molecule has 1 heterocycles. The van der Waals surface area contributed by atoms with Gasteiger partial charge in [-0.1, -0.05) is 42.5 Å². The fourth-order valence-corrected chi connectivity index (χ4v) is 2.42. The van der Waals surface area contributed by atoms with Crippen molar-refractivity contribution >= 4 is 29.4 Å². The fraction of sp³-hybridized carbons (Fsp3) is 0.0476. The third-order valence-electron chi connectivity index (χ3n) is 3.75. The lowest BCUT2D eigenvalue weighted by molar-refractivity contribution is -0.111. The number of halogens is 1. The van der Waals surface area contributed by atoms with Crippen LogP contribution in [0.15, 0.2) is 73.1 Å². The molecule has 136 valence electrons. The van der Waals surface area contributed by atoms with Crippen LogP contribution >= 0.6 is 0 Å². The van der Waals surface area contributed by atoms with Crippen LogP contribution in [-0.2, 0) is 11.3 Å². The van der Waals surface area contributed by atoms with Crippen LogP contribution in [0.4, 0.5) is 15.8 Å². The van der Waals surface area contributed by atoms with Crippen LogP contribution in [0.1, 0.15) is 11.1 Å². The van der Waals surface area contributed by atoms with E-state index < -0.39 is 5.82 Å². The second-order valence-corrected chi connectivity index (χ2v) is 5.86. The Labute approximate surface area is 156 Å². The van der Waals surface area contributed by atoms with Gasteiger partial charge in [-0.3, -0.25) is 9.48 Å². The number of nitrogens with two attached hydrogens (primary N) is 1. The largest absolute Gasteiger partial charge is 0.397 e. The number of amides is 1. The van der Waals surface area contributed by atoms with Gasteiger partial charge in [-0.2, -0.15) is 5.10 Å². The smallest absolute Gasteiger partial charge is 0.248 e. The van der Waals surface area contributed by atoms with Crippen LogP contribution in [0.3, 0.4) is 0 Å². The van der Waals surface area contributed by atoms with Crippen molar-refractivity contribution in [3.8, 4) is 0 Å². The molecular formula is C21H19FN4O. The molecule has 1 aromatic heterocycles. The number of carbonyl (C=O) groups is 1. The third-order valence-corrected chi connectivity index (χ3v) is 3.75. The van der Waals surface area contributed by atoms with Crippen molar-refractivity contribution < 1.29 is 9.18 Å². The number of nitrogens with one attached hydrogen (secondary N) is 1. The van der Waals surface area contributed by atoms with E-state index in [1.165, 1.54) is 18.2 Å². The van der Waals surface area contributed by atoms with Crippen LogP contribution in [0.25, 0.3) is 12.2 Å². The van der Waals surface area contributed by atoms with Gasteiger partial charge in [0, 0.05) is 17.8 Å². The lowest BCUT2D eigenvalue weighted by atomic mass is 10.2. The second-order valence-electron chi connectivity index (χ2n) is 5.86. The van der Waals surface area contributed by atoms with Gasteiger partial charge in [0.2, 0.25) is 5.91 Å². The molecule has 0 aliphatic rings. The minimum Gasteiger partial charge on any atom is -0.397 e. The van der Waals surface area contributed by atoms with Gasteiger partial charge in [-0.25, -0.2) is 4.39 Å². The molecule has 0 aliphatic carbocycles. The monoisotopic (exact) mass is 362 g/mol. The molecule has 5 nitrogen and oxygen atoms in total. The molecule has 0 radical (unpaired) electrons. The number of aromatic nitrogens is 2. The molecule has 0 spiro atoms. The van der Waals surface area contributed by atoms with Gasteiger partial charge in [-0.05, 0) is 29.8 Å². The molecule has 1 amide bonds. The van der Waals surface area contributed by atoms with E-state index in [0.29, 0.717) is 12.2 Å². The first-order valence-electron chi connectivity index (χ1n) is 8.38. The van der Waals surface area contributed by atoms with Gasteiger partial charge in [0.15, 0.2) is 0 Å². The van der Waals surface area contributed by atoms with E-state index in [1.807, 2.05) is 48.7 Å². The summed E-state index contributed by atoms with van der Waals surface area (Å²) in [5.74, 6) is -0.806. The minimum atomic E-state index is -0.449. The average Bonchev–Trinajstić information content (AvgIpc) is 3.11. The number of rotatable bonds is 6. The summed E-state index contributed by atoms with van der Waals surface area (Å²) in [6, 6.07) is 13.8. The lowest BCUT2D eigenvalue weighted by Gasteiger charge is -2.05. The van der Waals surface area contributed by atoms with Gasteiger partial charge in [0.25, 0.3) is 0 Å². The molecule has 2 aromatic carbocycles. The summed E-state index contributed by atoms with van der Waals surface area (Å²) in [6.45, 7) is 0.626. The van der Waals surface area contributed by atoms with Gasteiger partial charge in [0.05, 0.1) is 24.1 Å². The van der Waals surface area contributed by atoms with Crippen LogP contribution in [0.2, 0.25) is 0 Å². The average molecular weight is 362 g/mol. The Hall–Kier alpha value is -3.67. The third kappa shape index (κ3) is 5.40. The van der Waals surface area contributed by atoms with E-state index in [9.17, 15) is 9.18 Å². The number of anilines is 2. The fourth-order valence-electron chi connectivity index (χ4n) is 2.42. The summed E-state index contributed by atoms with van der Waals surface area (Å²) in [5, 5.41) is 6.87. The Morgan fingerprint density at radius 3 is 2.74 bits per heavy atom. The maximum absolute atomic E-state index is 13.0. The van der Waals surface area contributed by atoms with Crippen molar-refractivity contribution in [1.29, 1.82) is 0 Å². The molecule has 0 aliphatic heterocycles. The summed E-state index contributed by atoms with van der Waals surface area (Å²) < 4.78 is 14.8. The summed E-state index contributed by atoms with van der Waals surface area (Å²) in [7, 11) is 0. The Bertz CT molecular complexity index is 977. The first-order chi connectivity index (χ1) is 13.1. The predicted octanol–water partition coefficient (Wildman–Crippen LogP) is 3.97. The SMILES string of the molecule is Nc1cc(F)ccc1NC(=O)/C=C\c1cnn(C/C=C/c2ccccc2)c1. The highest BCUT2D eigenvalue weighted by Gasteiger charge is 2.03. The molecule has 0 bridgehead atoms. The minimum absolute atomic E-state index is 0.176. The molecule has 0 fully saturated rings. The van der Waals surface area contributed by atoms with Crippen LogP contribution in [0.5, 0.6) is 0 Å². The number of hydrogen-bond acceptors (Lipinski definition) is 3. The highest BCUT2D eigenvalue weighted by molar-refractivity contribution is 6.03. The highest BCUT2D eigenvalue weighted by atomic mass is 19.1. The van der Waals surface area contributed by atoms with Crippen molar-refractivity contribution in [3.63, 3.8) is 0 Å². The van der Waals surface area contributed by atoms with Gasteiger partial charge < -0.3 is 11.1 Å². The summed E-state index contributed by atoms with van der Waals surface area (Å²) in [6.07, 6.45) is 10.6. The number of hydrogen-bond donors (Lipinski definition) is 2. The predicted molar refractivity (Wildman–Crippen MR) is 106 cm³/mol. The molecule has 6 heteroatoms. The molecule has 27 heavy (non-hydrogen) atoms. The van der Waals surface area contributed by atoms with E-state index >= 15 is 0 Å². The molecule has 0 saturated heterocycles. The standard InChI is InChI=1S/C21H19FN4O/c22-18-9-10-20(19(23)13-18)25-21(27)11-8-17-14-24-26(15-17)12-4-7-16-5-2-1-3-6-16/h1-11,13-15H,12,23H2,(H,25,27)/b7-4+,11-8-. The number of allylic oxidation sites excluding steroid dienone is 1. The summed E-state index contributed by atoms with van der Waals surface area (Å²) in [4.78, 5) is 12.0. The number of nitrogen functional groups attached to an aromatic ring is 1. The van der Waals surface area contributed by atoms with E-state index in [-0.39, 0.29) is 11.6 Å². The van der Waals surface area contributed by atoms with Gasteiger partial charge in [0.1, 0.15) is 5.82 Å². The first kappa shape index (κ1) is 18.1. The topological polar surface area (TPSA) is 72.9 Å². The molecule has 3 aromatic rings. The van der Waals surface area contributed by atoms with Crippen molar-refractivity contribution in [2.45, 2.75) is 6.54 Å². The Kier molecular flexibility index (Phi) is 5.79. The number of benzene rings is 2. The summed E-state index contributed by atoms with van der Waals surface area (Å²) in [5.41, 5.74) is 8.14. The molecule has 0 saturated carbocycles. The van der Waals surface area contributed by atoms with Crippen LogP contribution in [-0.4, -0.2) is 15.7 Å². The zero-order chi connectivity index (χ0) is 19.1. The zero-order valence-corrected chi connectivity index (χ0v) is 14.5. The Morgan fingerprint density at radius 2 is 1.96 bits per heavy atom. The van der Waals surface area contributed by atoms with E-state index in [1.54, 1.807) is 17.0 Å². The zero-order valence-electron chi connectivity index (χ0n) is 14.5. The molecule has 0 atom stereocenters. The normalized spacial score (nSPS) is 11.3. The summed E-state index contributed by atoms with van der Waals surface area (Å²) >= 11 is 0. The van der Waals surface area contributed by atoms with Crippen molar-refractivity contribution in [1.82, 2.24) is 9.78 Å². The van der Waals surface area contributed by atoms with Crippen molar-refractivity contribution in [2.24, 2.45) is 0 Å². The molecule has 3 rings (SSSR count). The Morgan fingerprint density at radius 1 is 1.15 bits per heavy atom. The van der Waals surface area contributed by atoms with E-state index in [4.69, 9.17) is 5.73 Å². The second kappa shape index (κ2) is 8.62. The van der Waals surface area contributed by atoms with Crippen molar-refractivity contribution in [2.75, 3.05) is 11.1 Å². The van der Waals surface area contributed by atoms with Crippen molar-refractivity contribution in [3.05, 3.63) is 90.0 Å². The number of carbonyl (C=O) groups excluding carboxylic acids is 1. The quantitative estimate of drug-likeness (QED) is 0.515. The lowest BCUT2D eigenvalue weighted by Crippen LogP contribution is -2.09. The van der Waals surface area contributed by atoms with Gasteiger partial charge >= 0.3 is 0 Å². The van der Waals surface area contributed by atoms with Gasteiger partial charge in [-0.15, -0.1) is 0 Å². The molecular weight excluding hydrogens is 343 g/mol. The highest BCUT2D eigenvalue weighted by Crippen LogP contribution is 2.19. The maximum atomic E-state index is 13.0. The number of nitrogens with zero attached hydrogens (tertiary/aromatic N) is 2. The van der Waals surface area contributed by atoms with E-state index in [2.05, 4.69) is 10.4 Å². The maximum Gasteiger partial charge on any atom is 0.248 e. The molecule has 0 unspecified atom stereocenters.